The summed E-state index contributed by atoms with van der Waals surface area (Å²) in [5.41, 5.74) is 0.696. The second-order valence-electron chi connectivity index (χ2n) is 5.57. The summed E-state index contributed by atoms with van der Waals surface area (Å²) in [6, 6.07) is 9.76. The lowest BCUT2D eigenvalue weighted by atomic mass is 10.1. The lowest BCUT2D eigenvalue weighted by Gasteiger charge is -2.19. The number of benzene rings is 1. The Hall–Kier alpha value is -2.41. The minimum atomic E-state index is -0.154. The molecule has 2 aromatic heterocycles. The van der Waals surface area contributed by atoms with Crippen LogP contribution in [0.3, 0.4) is 0 Å². The number of hydrogen-bond donors (Lipinski definition) is 0. The third-order valence-corrected chi connectivity index (χ3v) is 5.13. The average molecular weight is 340 g/mol. The van der Waals surface area contributed by atoms with Crippen molar-refractivity contribution in [2.45, 2.75) is 19.4 Å². The first-order valence-electron chi connectivity index (χ1n) is 7.83. The van der Waals surface area contributed by atoms with Crippen LogP contribution in [0.25, 0.3) is 22.3 Å². The van der Waals surface area contributed by atoms with Gasteiger partial charge >= 0.3 is 0 Å². The molecule has 0 N–H and O–H groups in total. The van der Waals surface area contributed by atoms with Gasteiger partial charge in [-0.15, -0.1) is 11.8 Å². The minimum Gasteiger partial charge on any atom is -0.337 e. The monoisotopic (exact) mass is 340 g/mol. The van der Waals surface area contributed by atoms with Gasteiger partial charge in [0.25, 0.3) is 5.89 Å². The van der Waals surface area contributed by atoms with Gasteiger partial charge in [-0.25, -0.2) is 0 Å². The van der Waals surface area contributed by atoms with Gasteiger partial charge in [0.1, 0.15) is 11.7 Å². The van der Waals surface area contributed by atoms with E-state index in [-0.39, 0.29) is 11.9 Å². The Morgan fingerprint density at radius 1 is 1.38 bits per heavy atom. The number of hydrogen-bond acceptors (Lipinski definition) is 6. The summed E-state index contributed by atoms with van der Waals surface area (Å²) in [5, 5.41) is 6.16. The van der Waals surface area contributed by atoms with E-state index in [0.717, 1.165) is 16.5 Å². The van der Waals surface area contributed by atoms with Crippen molar-refractivity contribution in [3.63, 3.8) is 0 Å². The molecule has 0 saturated carbocycles. The number of pyridine rings is 1. The van der Waals surface area contributed by atoms with Gasteiger partial charge in [-0.3, -0.25) is 9.78 Å². The third-order valence-electron chi connectivity index (χ3n) is 4.12. The quantitative estimate of drug-likeness (QED) is 0.729. The molecule has 1 aliphatic heterocycles. The molecular formula is C17H16N4O2S. The zero-order chi connectivity index (χ0) is 16.5. The van der Waals surface area contributed by atoms with Gasteiger partial charge in [0.05, 0.1) is 5.88 Å². The zero-order valence-electron chi connectivity index (χ0n) is 13.2. The van der Waals surface area contributed by atoms with Crippen molar-refractivity contribution in [1.82, 2.24) is 20.0 Å². The van der Waals surface area contributed by atoms with Crippen LogP contribution in [0.4, 0.5) is 0 Å². The summed E-state index contributed by atoms with van der Waals surface area (Å²) in [4.78, 5) is 22.8. The molecule has 7 heteroatoms. The van der Waals surface area contributed by atoms with Crippen molar-refractivity contribution < 1.29 is 9.32 Å². The van der Waals surface area contributed by atoms with Gasteiger partial charge in [0.15, 0.2) is 0 Å². The van der Waals surface area contributed by atoms with E-state index in [4.69, 9.17) is 4.52 Å². The maximum absolute atomic E-state index is 12.1. The molecule has 0 spiro atoms. The normalized spacial score (nSPS) is 17.5. The number of carbonyl (C=O) groups is 1. The SMILES string of the molecule is CCC(=O)N1CSCC1c1nc(-c2nccc3ccccc23)no1. The molecular weight excluding hydrogens is 324 g/mol. The third kappa shape index (κ3) is 2.54. The Bertz CT molecular complexity index is 890. The van der Waals surface area contributed by atoms with E-state index in [1.54, 1.807) is 22.9 Å². The van der Waals surface area contributed by atoms with Crippen LogP contribution in [0.1, 0.15) is 25.3 Å². The molecule has 1 amide bonds. The van der Waals surface area contributed by atoms with E-state index in [2.05, 4.69) is 15.1 Å². The molecule has 0 radical (unpaired) electrons. The number of nitrogens with zero attached hydrogens (tertiary/aromatic N) is 4. The molecule has 122 valence electrons. The van der Waals surface area contributed by atoms with Crippen LogP contribution in [0.2, 0.25) is 0 Å². The first-order valence-corrected chi connectivity index (χ1v) is 8.98. The molecule has 3 heterocycles. The van der Waals surface area contributed by atoms with Crippen LogP contribution in [-0.4, -0.2) is 37.6 Å². The Morgan fingerprint density at radius 2 is 2.25 bits per heavy atom. The Labute approximate surface area is 143 Å². The van der Waals surface area contributed by atoms with E-state index < -0.39 is 0 Å². The van der Waals surface area contributed by atoms with Crippen LogP contribution in [-0.2, 0) is 4.79 Å². The molecule has 0 bridgehead atoms. The second-order valence-corrected chi connectivity index (χ2v) is 6.57. The number of rotatable bonds is 3. The number of fused-ring (bicyclic) bond motifs is 1. The van der Waals surface area contributed by atoms with Gasteiger partial charge in [-0.2, -0.15) is 4.98 Å². The van der Waals surface area contributed by atoms with E-state index in [1.165, 1.54) is 0 Å². The first-order chi connectivity index (χ1) is 11.8. The van der Waals surface area contributed by atoms with Crippen molar-refractivity contribution in [3.8, 4) is 11.5 Å². The summed E-state index contributed by atoms with van der Waals surface area (Å²) in [6.45, 7) is 1.86. The molecule has 6 nitrogen and oxygen atoms in total. The molecule has 1 fully saturated rings. The Balaban J connectivity index is 1.71. The molecule has 1 aliphatic rings. The number of aromatic nitrogens is 3. The van der Waals surface area contributed by atoms with Crippen molar-refractivity contribution >= 4 is 28.4 Å². The van der Waals surface area contributed by atoms with Gasteiger partial charge < -0.3 is 9.42 Å². The maximum atomic E-state index is 12.1. The van der Waals surface area contributed by atoms with E-state index in [1.807, 2.05) is 37.3 Å². The molecule has 4 rings (SSSR count). The van der Waals surface area contributed by atoms with Crippen LogP contribution in [0.15, 0.2) is 41.1 Å². The molecule has 1 atom stereocenters. The summed E-state index contributed by atoms with van der Waals surface area (Å²) in [6.07, 6.45) is 2.22. The minimum absolute atomic E-state index is 0.105. The molecule has 1 saturated heterocycles. The highest BCUT2D eigenvalue weighted by Crippen LogP contribution is 2.34. The number of amides is 1. The van der Waals surface area contributed by atoms with Crippen LogP contribution in [0.5, 0.6) is 0 Å². The van der Waals surface area contributed by atoms with Gasteiger partial charge in [-0.1, -0.05) is 36.3 Å². The highest BCUT2D eigenvalue weighted by atomic mass is 32.2. The summed E-state index contributed by atoms with van der Waals surface area (Å²) >= 11 is 1.70. The largest absolute Gasteiger partial charge is 0.337 e. The summed E-state index contributed by atoms with van der Waals surface area (Å²) < 4.78 is 5.47. The number of thioether (sulfide) groups is 1. The Morgan fingerprint density at radius 3 is 3.12 bits per heavy atom. The summed E-state index contributed by atoms with van der Waals surface area (Å²) in [7, 11) is 0. The van der Waals surface area contributed by atoms with Crippen LogP contribution >= 0.6 is 11.8 Å². The van der Waals surface area contributed by atoms with Crippen molar-refractivity contribution in [2.24, 2.45) is 0 Å². The van der Waals surface area contributed by atoms with E-state index >= 15 is 0 Å². The second kappa shape index (κ2) is 6.24. The highest BCUT2D eigenvalue weighted by Gasteiger charge is 2.34. The van der Waals surface area contributed by atoms with Gasteiger partial charge in [0.2, 0.25) is 11.7 Å². The zero-order valence-corrected chi connectivity index (χ0v) is 14.0. The standard InChI is InChI=1S/C17H16N4O2S/c1-2-14(22)21-10-24-9-13(21)17-19-16(20-23-17)15-12-6-4-3-5-11(12)7-8-18-15/h3-8,13H,2,9-10H2,1H3. The molecule has 24 heavy (non-hydrogen) atoms. The van der Waals surface area contributed by atoms with Crippen LogP contribution in [0, 0.1) is 0 Å². The maximum Gasteiger partial charge on any atom is 0.250 e. The van der Waals surface area contributed by atoms with E-state index in [9.17, 15) is 4.79 Å². The topological polar surface area (TPSA) is 72.1 Å². The molecule has 1 unspecified atom stereocenters. The van der Waals surface area contributed by atoms with Crippen molar-refractivity contribution in [3.05, 3.63) is 42.4 Å². The molecule has 0 aliphatic carbocycles. The fraction of sp³-hybridized carbons (Fsp3) is 0.294. The molecule has 1 aromatic carbocycles. The number of carbonyl (C=O) groups excluding carboxylic acids is 1. The predicted molar refractivity (Wildman–Crippen MR) is 92.2 cm³/mol. The summed E-state index contributed by atoms with van der Waals surface area (Å²) in [5.74, 6) is 2.49. The lowest BCUT2D eigenvalue weighted by Crippen LogP contribution is -2.30. The first kappa shape index (κ1) is 15.1. The fourth-order valence-corrected chi connectivity index (χ4v) is 4.03. The fourth-order valence-electron chi connectivity index (χ4n) is 2.86. The van der Waals surface area contributed by atoms with Gasteiger partial charge in [-0.05, 0) is 11.5 Å². The average Bonchev–Trinajstić information content (AvgIpc) is 3.29. The predicted octanol–water partition coefficient (Wildman–Crippen LogP) is 3.27. The lowest BCUT2D eigenvalue weighted by molar-refractivity contribution is -0.131. The van der Waals surface area contributed by atoms with Gasteiger partial charge in [0, 0.05) is 23.8 Å². The van der Waals surface area contributed by atoms with E-state index in [0.29, 0.717) is 29.7 Å². The van der Waals surface area contributed by atoms with Crippen molar-refractivity contribution in [2.75, 3.05) is 11.6 Å². The van der Waals surface area contributed by atoms with Crippen LogP contribution < -0.4 is 0 Å². The van der Waals surface area contributed by atoms with Crippen molar-refractivity contribution in [1.29, 1.82) is 0 Å². The Kier molecular flexibility index (Phi) is 3.93. The molecule has 3 aromatic rings. The smallest absolute Gasteiger partial charge is 0.250 e. The highest BCUT2D eigenvalue weighted by molar-refractivity contribution is 7.99.